The molecule has 0 amide bonds. The van der Waals surface area contributed by atoms with E-state index in [-0.39, 0.29) is 0 Å². The summed E-state index contributed by atoms with van der Waals surface area (Å²) in [6, 6.07) is 19.0. The Kier molecular flexibility index (Phi) is 7.31. The third-order valence-corrected chi connectivity index (χ3v) is 5.14. The van der Waals surface area contributed by atoms with E-state index in [1.54, 1.807) is 0 Å². The fourth-order valence-corrected chi connectivity index (χ4v) is 3.54. The Morgan fingerprint density at radius 3 is 2.68 bits per heavy atom. The number of hydrogen-bond donors (Lipinski definition) is 1. The molecule has 0 bridgehead atoms. The van der Waals surface area contributed by atoms with Crippen LogP contribution in [0.5, 0.6) is 0 Å². The van der Waals surface area contributed by atoms with E-state index < -0.39 is 0 Å². The van der Waals surface area contributed by atoms with E-state index >= 15 is 0 Å². The van der Waals surface area contributed by atoms with Crippen molar-refractivity contribution in [1.82, 2.24) is 10.2 Å². The van der Waals surface area contributed by atoms with E-state index in [1.807, 2.05) is 13.1 Å². The first-order chi connectivity index (χ1) is 13.7. The molecule has 3 rings (SSSR count). The van der Waals surface area contributed by atoms with Crippen molar-refractivity contribution < 1.29 is 4.74 Å². The number of nitrogens with zero attached hydrogens (tertiary/aromatic N) is 3. The van der Waals surface area contributed by atoms with Crippen LogP contribution in [0.1, 0.15) is 17.5 Å². The second-order valence-electron chi connectivity index (χ2n) is 7.57. The van der Waals surface area contributed by atoms with E-state index in [4.69, 9.17) is 4.74 Å². The van der Waals surface area contributed by atoms with Gasteiger partial charge < -0.3 is 19.9 Å². The Hall–Kier alpha value is -2.53. The molecule has 1 unspecified atom stereocenters. The standard InChI is InChI=1S/C23H32N4O/c1-24-23(25-15-20-10-7-11-22(14-20)26(2)3)27-13-12-21(16-27)18-28-17-19-8-5-4-6-9-19/h4-11,14,21H,12-13,15-18H2,1-3H3,(H,24,25). The minimum absolute atomic E-state index is 0.555. The van der Waals surface area contributed by atoms with Gasteiger partial charge in [-0.25, -0.2) is 0 Å². The van der Waals surface area contributed by atoms with Crippen LogP contribution in [0.2, 0.25) is 0 Å². The van der Waals surface area contributed by atoms with Crippen molar-refractivity contribution in [2.45, 2.75) is 19.6 Å². The number of hydrogen-bond acceptors (Lipinski definition) is 3. The lowest BCUT2D eigenvalue weighted by atomic mass is 10.1. The Balaban J connectivity index is 1.44. The molecule has 1 fully saturated rings. The van der Waals surface area contributed by atoms with Crippen molar-refractivity contribution in [1.29, 1.82) is 0 Å². The zero-order valence-electron chi connectivity index (χ0n) is 17.3. The second-order valence-corrected chi connectivity index (χ2v) is 7.57. The smallest absolute Gasteiger partial charge is 0.193 e. The highest BCUT2D eigenvalue weighted by atomic mass is 16.5. The lowest BCUT2D eigenvalue weighted by Crippen LogP contribution is -2.39. The van der Waals surface area contributed by atoms with Crippen LogP contribution in [-0.4, -0.2) is 51.7 Å². The predicted molar refractivity (Wildman–Crippen MR) is 117 cm³/mol. The highest BCUT2D eigenvalue weighted by Gasteiger charge is 2.24. The molecule has 1 aliphatic heterocycles. The summed E-state index contributed by atoms with van der Waals surface area (Å²) < 4.78 is 5.94. The predicted octanol–water partition coefficient (Wildman–Crippen LogP) is 3.37. The molecular formula is C23H32N4O. The molecule has 2 aromatic rings. The van der Waals surface area contributed by atoms with Gasteiger partial charge in [-0.3, -0.25) is 4.99 Å². The number of nitrogens with one attached hydrogen (secondary N) is 1. The highest BCUT2D eigenvalue weighted by molar-refractivity contribution is 5.80. The van der Waals surface area contributed by atoms with Crippen LogP contribution >= 0.6 is 0 Å². The zero-order chi connectivity index (χ0) is 19.8. The van der Waals surface area contributed by atoms with Crippen molar-refractivity contribution in [2.75, 3.05) is 45.7 Å². The van der Waals surface area contributed by atoms with Gasteiger partial charge in [-0.1, -0.05) is 42.5 Å². The first-order valence-electron chi connectivity index (χ1n) is 9.99. The van der Waals surface area contributed by atoms with Crippen molar-refractivity contribution in [3.63, 3.8) is 0 Å². The molecule has 2 aromatic carbocycles. The van der Waals surface area contributed by atoms with Crippen LogP contribution in [0.25, 0.3) is 0 Å². The number of benzene rings is 2. The quantitative estimate of drug-likeness (QED) is 0.591. The number of anilines is 1. The molecule has 1 aliphatic rings. The summed E-state index contributed by atoms with van der Waals surface area (Å²) >= 11 is 0. The number of ether oxygens (including phenoxy) is 1. The number of rotatable bonds is 7. The molecule has 5 nitrogen and oxygen atoms in total. The summed E-state index contributed by atoms with van der Waals surface area (Å²) in [5, 5.41) is 3.51. The summed E-state index contributed by atoms with van der Waals surface area (Å²) in [6.45, 7) is 4.28. The van der Waals surface area contributed by atoms with Gasteiger partial charge >= 0.3 is 0 Å². The van der Waals surface area contributed by atoms with Crippen LogP contribution in [0, 0.1) is 5.92 Å². The Morgan fingerprint density at radius 2 is 1.93 bits per heavy atom. The SMILES string of the molecule is CN=C(NCc1cccc(N(C)C)c1)N1CCC(COCc2ccccc2)C1. The first kappa shape index (κ1) is 20.2. The molecule has 1 atom stereocenters. The number of likely N-dealkylation sites (tertiary alicyclic amines) is 1. The lowest BCUT2D eigenvalue weighted by molar-refractivity contribution is 0.0906. The molecule has 150 valence electrons. The van der Waals surface area contributed by atoms with Gasteiger partial charge in [0, 0.05) is 52.4 Å². The van der Waals surface area contributed by atoms with Gasteiger partial charge in [0.15, 0.2) is 5.96 Å². The van der Waals surface area contributed by atoms with Gasteiger partial charge in [0.25, 0.3) is 0 Å². The highest BCUT2D eigenvalue weighted by Crippen LogP contribution is 2.18. The van der Waals surface area contributed by atoms with Gasteiger partial charge in [-0.2, -0.15) is 0 Å². The number of guanidine groups is 1. The minimum Gasteiger partial charge on any atom is -0.378 e. The van der Waals surface area contributed by atoms with Crippen LogP contribution < -0.4 is 10.2 Å². The van der Waals surface area contributed by atoms with Gasteiger partial charge in [0.1, 0.15) is 0 Å². The minimum atomic E-state index is 0.555. The molecule has 0 aromatic heterocycles. The Labute approximate surface area is 169 Å². The number of aliphatic imine (C=N–C) groups is 1. The van der Waals surface area contributed by atoms with E-state index in [2.05, 4.69) is 82.7 Å². The fourth-order valence-electron chi connectivity index (χ4n) is 3.54. The molecule has 5 heteroatoms. The van der Waals surface area contributed by atoms with E-state index in [9.17, 15) is 0 Å². The monoisotopic (exact) mass is 380 g/mol. The molecule has 0 aliphatic carbocycles. The lowest BCUT2D eigenvalue weighted by Gasteiger charge is -2.22. The summed E-state index contributed by atoms with van der Waals surface area (Å²) in [5.74, 6) is 1.53. The first-order valence-corrected chi connectivity index (χ1v) is 9.99. The molecule has 0 radical (unpaired) electrons. The Morgan fingerprint density at radius 1 is 1.14 bits per heavy atom. The van der Waals surface area contributed by atoms with E-state index in [0.29, 0.717) is 12.5 Å². The van der Waals surface area contributed by atoms with Crippen LogP contribution in [-0.2, 0) is 17.9 Å². The van der Waals surface area contributed by atoms with Crippen molar-refractivity contribution in [2.24, 2.45) is 10.9 Å². The van der Waals surface area contributed by atoms with Gasteiger partial charge in [-0.05, 0) is 29.7 Å². The summed E-state index contributed by atoms with van der Waals surface area (Å²) in [6.07, 6.45) is 1.14. The van der Waals surface area contributed by atoms with Crippen LogP contribution in [0.3, 0.4) is 0 Å². The molecule has 0 spiro atoms. The van der Waals surface area contributed by atoms with Crippen LogP contribution in [0.4, 0.5) is 5.69 Å². The van der Waals surface area contributed by atoms with Gasteiger partial charge in [-0.15, -0.1) is 0 Å². The van der Waals surface area contributed by atoms with Crippen LogP contribution in [0.15, 0.2) is 59.6 Å². The summed E-state index contributed by atoms with van der Waals surface area (Å²) in [7, 11) is 5.99. The molecule has 28 heavy (non-hydrogen) atoms. The average Bonchev–Trinajstić information content (AvgIpc) is 3.18. The van der Waals surface area contributed by atoms with E-state index in [0.717, 1.165) is 38.6 Å². The molecule has 1 saturated heterocycles. The molecule has 0 saturated carbocycles. The maximum absolute atomic E-state index is 5.94. The van der Waals surface area contributed by atoms with Crippen molar-refractivity contribution >= 4 is 11.6 Å². The van der Waals surface area contributed by atoms with Crippen molar-refractivity contribution in [3.8, 4) is 0 Å². The molecule has 1 N–H and O–H groups in total. The maximum atomic E-state index is 5.94. The largest absolute Gasteiger partial charge is 0.378 e. The van der Waals surface area contributed by atoms with Crippen molar-refractivity contribution in [3.05, 3.63) is 65.7 Å². The maximum Gasteiger partial charge on any atom is 0.193 e. The fraction of sp³-hybridized carbons (Fsp3) is 0.435. The second kappa shape index (κ2) is 10.1. The summed E-state index contributed by atoms with van der Waals surface area (Å²) in [5.41, 5.74) is 3.70. The van der Waals surface area contributed by atoms with E-state index in [1.165, 1.54) is 16.8 Å². The van der Waals surface area contributed by atoms with Gasteiger partial charge in [0.2, 0.25) is 0 Å². The Bertz CT molecular complexity index is 760. The topological polar surface area (TPSA) is 40.1 Å². The third kappa shape index (κ3) is 5.73. The normalized spacial score (nSPS) is 17.0. The van der Waals surface area contributed by atoms with Gasteiger partial charge in [0.05, 0.1) is 13.2 Å². The summed E-state index contributed by atoms with van der Waals surface area (Å²) in [4.78, 5) is 8.95. The average molecular weight is 381 g/mol. The molecule has 1 heterocycles. The molecular weight excluding hydrogens is 348 g/mol. The zero-order valence-corrected chi connectivity index (χ0v) is 17.3. The third-order valence-electron chi connectivity index (χ3n) is 5.14.